The Labute approximate surface area is 185 Å². The summed E-state index contributed by atoms with van der Waals surface area (Å²) in [5.41, 5.74) is 0.828. The molecule has 1 aromatic carbocycles. The lowest BCUT2D eigenvalue weighted by atomic mass is 10.0. The van der Waals surface area contributed by atoms with Crippen LogP contribution < -0.4 is 9.80 Å². The van der Waals surface area contributed by atoms with Gasteiger partial charge in [0.05, 0.1) is 17.9 Å². The van der Waals surface area contributed by atoms with Crippen LogP contribution in [0.5, 0.6) is 0 Å². The Bertz CT molecular complexity index is 940. The first-order chi connectivity index (χ1) is 15.3. The summed E-state index contributed by atoms with van der Waals surface area (Å²) >= 11 is 0. The highest BCUT2D eigenvalue weighted by Gasteiger charge is 2.45. The molecule has 10 heteroatoms. The molecule has 4 aliphatic rings. The fraction of sp³-hybridized carbons (Fsp3) is 0.591. The number of hydrogen-bond acceptors (Lipinski definition) is 6. The van der Waals surface area contributed by atoms with Crippen LogP contribution in [0.25, 0.3) is 0 Å². The molecular weight excluding hydrogens is 419 g/mol. The lowest BCUT2D eigenvalue weighted by Crippen LogP contribution is -2.34. The Balaban J connectivity index is 1.22. The van der Waals surface area contributed by atoms with E-state index in [2.05, 4.69) is 0 Å². The van der Waals surface area contributed by atoms with Crippen molar-refractivity contribution in [2.75, 3.05) is 49.1 Å². The molecule has 1 aromatic rings. The molecule has 0 bridgehead atoms. The normalized spacial score (nSPS) is 27.0. The highest BCUT2D eigenvalue weighted by molar-refractivity contribution is 5.90. The summed E-state index contributed by atoms with van der Waals surface area (Å²) in [5, 5.41) is 11.8. The SMILES string of the molecule is CC(=O)N([O-])C[C@@H]1CN(c2ccc(N3C[C@H]4CN(C(=O)C5CC5)C[C@H]4C3)c(F)c2)C(=O)O1. The monoisotopic (exact) mass is 445 g/mol. The summed E-state index contributed by atoms with van der Waals surface area (Å²) in [7, 11) is 0. The fourth-order valence-electron chi connectivity index (χ4n) is 5.02. The molecule has 5 rings (SSSR count). The maximum Gasteiger partial charge on any atom is 0.414 e. The number of benzene rings is 1. The third-order valence-corrected chi connectivity index (χ3v) is 6.90. The lowest BCUT2D eigenvalue weighted by molar-refractivity contribution is -0.131. The van der Waals surface area contributed by atoms with E-state index in [1.165, 1.54) is 11.0 Å². The first-order valence-corrected chi connectivity index (χ1v) is 11.1. The molecule has 9 nitrogen and oxygen atoms in total. The topological polar surface area (TPSA) is 96.5 Å². The zero-order valence-corrected chi connectivity index (χ0v) is 17.9. The number of likely N-dealkylation sites (tertiary alicyclic amines) is 1. The molecule has 0 aromatic heterocycles. The molecule has 0 spiro atoms. The van der Waals surface area contributed by atoms with Gasteiger partial charge < -0.3 is 24.8 Å². The third kappa shape index (κ3) is 3.87. The minimum atomic E-state index is -0.758. The van der Waals surface area contributed by atoms with Gasteiger partial charge in [0.1, 0.15) is 11.9 Å². The highest BCUT2D eigenvalue weighted by atomic mass is 19.1. The van der Waals surface area contributed by atoms with Gasteiger partial charge in [0.2, 0.25) is 11.8 Å². The Morgan fingerprint density at radius 1 is 1.16 bits per heavy atom. The number of anilines is 2. The van der Waals surface area contributed by atoms with Gasteiger partial charge in [-0.3, -0.25) is 14.5 Å². The van der Waals surface area contributed by atoms with E-state index < -0.39 is 23.9 Å². The number of ether oxygens (including phenoxy) is 1. The number of hydroxylamine groups is 2. The van der Waals surface area contributed by atoms with Crippen molar-refractivity contribution in [3.63, 3.8) is 0 Å². The first kappa shape index (κ1) is 21.0. The van der Waals surface area contributed by atoms with Crippen molar-refractivity contribution in [3.05, 3.63) is 29.2 Å². The van der Waals surface area contributed by atoms with Crippen molar-refractivity contribution in [2.45, 2.75) is 25.9 Å². The molecule has 0 N–H and O–H groups in total. The zero-order chi connectivity index (χ0) is 22.6. The van der Waals surface area contributed by atoms with Crippen LogP contribution in [-0.4, -0.2) is 73.2 Å². The number of carbonyl (C=O) groups excluding carboxylic acids is 3. The van der Waals surface area contributed by atoms with Gasteiger partial charge in [-0.1, -0.05) is 0 Å². The summed E-state index contributed by atoms with van der Waals surface area (Å²) in [5.74, 6) is 0.112. The molecule has 4 fully saturated rings. The smallest absolute Gasteiger partial charge is 0.414 e. The van der Waals surface area contributed by atoms with Gasteiger partial charge in [0.15, 0.2) is 0 Å². The summed E-state index contributed by atoms with van der Waals surface area (Å²) in [6.45, 7) is 3.85. The average Bonchev–Trinajstić information content (AvgIpc) is 3.26. The summed E-state index contributed by atoms with van der Waals surface area (Å²) < 4.78 is 20.2. The van der Waals surface area contributed by atoms with Gasteiger partial charge in [-0.25, -0.2) is 9.18 Å². The summed E-state index contributed by atoms with van der Waals surface area (Å²) in [4.78, 5) is 40.9. The quantitative estimate of drug-likeness (QED) is 0.642. The molecule has 0 radical (unpaired) electrons. The van der Waals surface area contributed by atoms with Gasteiger partial charge in [-0.05, 0) is 31.0 Å². The number of nitrogens with zero attached hydrogens (tertiary/aromatic N) is 4. The second kappa shape index (κ2) is 7.91. The maximum atomic E-state index is 15.0. The molecule has 172 valence electrons. The van der Waals surface area contributed by atoms with Crippen LogP contribution in [0.1, 0.15) is 19.8 Å². The average molecular weight is 445 g/mol. The largest absolute Gasteiger partial charge is 0.756 e. The van der Waals surface area contributed by atoms with Gasteiger partial charge in [0, 0.05) is 57.4 Å². The van der Waals surface area contributed by atoms with Gasteiger partial charge in [-0.2, -0.15) is 0 Å². The summed E-state index contributed by atoms with van der Waals surface area (Å²) in [6.07, 6.45) is 0.581. The Morgan fingerprint density at radius 3 is 2.44 bits per heavy atom. The van der Waals surface area contributed by atoms with Crippen molar-refractivity contribution < 1.29 is 23.5 Å². The Hall–Kier alpha value is -2.88. The van der Waals surface area contributed by atoms with Crippen molar-refractivity contribution in [1.29, 1.82) is 0 Å². The predicted octanol–water partition coefficient (Wildman–Crippen LogP) is 1.80. The molecule has 0 unspecified atom stereocenters. The van der Waals surface area contributed by atoms with Gasteiger partial charge in [0.25, 0.3) is 0 Å². The molecule has 3 saturated heterocycles. The van der Waals surface area contributed by atoms with Gasteiger partial charge in [-0.15, -0.1) is 0 Å². The van der Waals surface area contributed by atoms with E-state index in [-0.39, 0.29) is 30.0 Å². The van der Waals surface area contributed by atoms with Crippen LogP contribution in [-0.2, 0) is 14.3 Å². The number of cyclic esters (lactones) is 1. The van der Waals surface area contributed by atoms with E-state index in [9.17, 15) is 19.6 Å². The zero-order valence-electron chi connectivity index (χ0n) is 17.9. The number of carbonyl (C=O) groups is 3. The van der Waals surface area contributed by atoms with Gasteiger partial charge >= 0.3 is 6.09 Å². The summed E-state index contributed by atoms with van der Waals surface area (Å²) in [6, 6.07) is 4.63. The molecule has 3 heterocycles. The van der Waals surface area contributed by atoms with Crippen LogP contribution in [0, 0.1) is 28.8 Å². The van der Waals surface area contributed by atoms with Crippen LogP contribution in [0.4, 0.5) is 20.6 Å². The molecular formula is C22H26FN4O5-. The molecule has 1 saturated carbocycles. The molecule has 3 amide bonds. The lowest BCUT2D eigenvalue weighted by Gasteiger charge is -2.28. The first-order valence-electron chi connectivity index (χ1n) is 11.1. The van der Waals surface area contributed by atoms with Crippen molar-refractivity contribution in [1.82, 2.24) is 9.96 Å². The number of halogens is 1. The number of amides is 3. The maximum absolute atomic E-state index is 15.0. The Kier molecular flexibility index (Phi) is 5.19. The van der Waals surface area contributed by atoms with Crippen LogP contribution >= 0.6 is 0 Å². The Morgan fingerprint density at radius 2 is 1.84 bits per heavy atom. The molecule has 3 atom stereocenters. The van der Waals surface area contributed by atoms with E-state index >= 15 is 4.39 Å². The number of fused-ring (bicyclic) bond motifs is 1. The number of rotatable bonds is 5. The van der Waals surface area contributed by atoms with E-state index in [4.69, 9.17) is 4.74 Å². The van der Waals surface area contributed by atoms with Crippen LogP contribution in [0.3, 0.4) is 0 Å². The van der Waals surface area contributed by atoms with Crippen LogP contribution in [0.15, 0.2) is 18.2 Å². The van der Waals surface area contributed by atoms with Crippen molar-refractivity contribution in [2.24, 2.45) is 17.8 Å². The number of hydrogen-bond donors (Lipinski definition) is 0. The third-order valence-electron chi connectivity index (χ3n) is 6.90. The van der Waals surface area contributed by atoms with Crippen molar-refractivity contribution >= 4 is 29.3 Å². The van der Waals surface area contributed by atoms with Crippen LogP contribution in [0.2, 0.25) is 0 Å². The minimum Gasteiger partial charge on any atom is -0.756 e. The molecule has 32 heavy (non-hydrogen) atoms. The fourth-order valence-corrected chi connectivity index (χ4v) is 5.02. The second-order valence-corrected chi connectivity index (χ2v) is 9.27. The van der Waals surface area contributed by atoms with Crippen molar-refractivity contribution in [3.8, 4) is 0 Å². The predicted molar refractivity (Wildman–Crippen MR) is 113 cm³/mol. The highest BCUT2D eigenvalue weighted by Crippen LogP contribution is 2.39. The molecule has 3 aliphatic heterocycles. The van der Waals surface area contributed by atoms with E-state index in [1.807, 2.05) is 9.80 Å². The minimum absolute atomic E-state index is 0.0718. The van der Waals surface area contributed by atoms with E-state index in [0.717, 1.165) is 32.9 Å². The second-order valence-electron chi connectivity index (χ2n) is 9.27. The van der Waals surface area contributed by atoms with E-state index in [1.54, 1.807) is 12.1 Å². The van der Waals surface area contributed by atoms with E-state index in [0.29, 0.717) is 36.3 Å². The standard InChI is InChI=1S/C22H26FN4O5/c1-13(28)27(31)12-18-11-26(22(30)32-18)17-4-5-20(19(23)6-17)24-7-15-9-25(10-16(15)8-24)21(29)14-2-3-14/h4-6,14-16,18H,2-3,7-12H2,1H3/q-1/t15-,16+,18-/m0/s1. The molecule has 1 aliphatic carbocycles.